The van der Waals surface area contributed by atoms with Crippen LogP contribution < -0.4 is 14.8 Å². The average Bonchev–Trinajstić information content (AvgIpc) is 2.44. The summed E-state index contributed by atoms with van der Waals surface area (Å²) in [7, 11) is 4.57. The standard InChI is InChI=1S/C13H17NO4/c1-16-10-6-8-4-5-14-12(13(15)18-3)9(8)7-11(10)17-2/h6-7,12,14H,4-5H2,1-3H3. The number of ether oxygens (including phenoxy) is 3. The Morgan fingerprint density at radius 3 is 2.50 bits per heavy atom. The molecule has 0 fully saturated rings. The molecule has 1 aromatic rings. The Bertz CT molecular complexity index is 459. The third-order valence-electron chi connectivity index (χ3n) is 3.14. The summed E-state index contributed by atoms with van der Waals surface area (Å²) >= 11 is 0. The Balaban J connectivity index is 2.46. The number of hydrogen-bond acceptors (Lipinski definition) is 5. The van der Waals surface area contributed by atoms with E-state index in [9.17, 15) is 4.79 Å². The molecule has 0 saturated heterocycles. The summed E-state index contributed by atoms with van der Waals surface area (Å²) in [6, 6.07) is 3.32. The molecule has 5 heteroatoms. The fraction of sp³-hybridized carbons (Fsp3) is 0.462. The highest BCUT2D eigenvalue weighted by Gasteiger charge is 2.28. The molecule has 18 heavy (non-hydrogen) atoms. The second-order valence-electron chi connectivity index (χ2n) is 4.07. The van der Waals surface area contributed by atoms with E-state index in [1.807, 2.05) is 12.1 Å². The molecule has 5 nitrogen and oxygen atoms in total. The molecule has 0 aliphatic carbocycles. The van der Waals surface area contributed by atoms with E-state index in [2.05, 4.69) is 5.32 Å². The van der Waals surface area contributed by atoms with Gasteiger partial charge in [0.15, 0.2) is 11.5 Å². The Kier molecular flexibility index (Phi) is 3.72. The van der Waals surface area contributed by atoms with E-state index in [0.717, 1.165) is 24.1 Å². The summed E-state index contributed by atoms with van der Waals surface area (Å²) in [5, 5.41) is 3.14. The van der Waals surface area contributed by atoms with Gasteiger partial charge in [0.25, 0.3) is 0 Å². The van der Waals surface area contributed by atoms with Crippen LogP contribution >= 0.6 is 0 Å². The molecule has 1 aliphatic heterocycles. The molecule has 1 atom stereocenters. The fourth-order valence-corrected chi connectivity index (χ4v) is 2.21. The smallest absolute Gasteiger partial charge is 0.327 e. The Morgan fingerprint density at radius 2 is 1.89 bits per heavy atom. The van der Waals surface area contributed by atoms with Crippen LogP contribution in [0.3, 0.4) is 0 Å². The minimum atomic E-state index is -0.432. The van der Waals surface area contributed by atoms with Crippen molar-refractivity contribution in [2.24, 2.45) is 0 Å². The molecule has 0 saturated carbocycles. The maximum absolute atomic E-state index is 11.7. The van der Waals surface area contributed by atoms with Gasteiger partial charge in [0.05, 0.1) is 21.3 Å². The number of benzene rings is 1. The summed E-state index contributed by atoms with van der Waals surface area (Å²) < 4.78 is 15.3. The van der Waals surface area contributed by atoms with E-state index >= 15 is 0 Å². The lowest BCUT2D eigenvalue weighted by Crippen LogP contribution is -2.35. The summed E-state index contributed by atoms with van der Waals surface area (Å²) in [5.41, 5.74) is 1.98. The highest BCUT2D eigenvalue weighted by Crippen LogP contribution is 2.35. The molecule has 0 aromatic heterocycles. The lowest BCUT2D eigenvalue weighted by Gasteiger charge is -2.26. The molecular weight excluding hydrogens is 234 g/mol. The van der Waals surface area contributed by atoms with E-state index in [-0.39, 0.29) is 5.97 Å². The van der Waals surface area contributed by atoms with Gasteiger partial charge in [-0.25, -0.2) is 4.79 Å². The van der Waals surface area contributed by atoms with Crippen molar-refractivity contribution < 1.29 is 19.0 Å². The zero-order valence-electron chi connectivity index (χ0n) is 10.8. The number of hydrogen-bond donors (Lipinski definition) is 1. The molecular formula is C13H17NO4. The number of fused-ring (bicyclic) bond motifs is 1. The van der Waals surface area contributed by atoms with Crippen LogP contribution in [0.15, 0.2) is 12.1 Å². The molecule has 1 unspecified atom stereocenters. The maximum Gasteiger partial charge on any atom is 0.327 e. The molecule has 1 heterocycles. The zero-order valence-corrected chi connectivity index (χ0v) is 10.8. The van der Waals surface area contributed by atoms with Crippen LogP contribution in [-0.2, 0) is 16.0 Å². The van der Waals surface area contributed by atoms with Crippen molar-refractivity contribution in [1.29, 1.82) is 0 Å². The highest BCUT2D eigenvalue weighted by atomic mass is 16.5. The van der Waals surface area contributed by atoms with Gasteiger partial charge in [-0.05, 0) is 29.7 Å². The van der Waals surface area contributed by atoms with E-state index < -0.39 is 6.04 Å². The Hall–Kier alpha value is -1.75. The van der Waals surface area contributed by atoms with Gasteiger partial charge in [-0.2, -0.15) is 0 Å². The van der Waals surface area contributed by atoms with Gasteiger partial charge in [-0.1, -0.05) is 0 Å². The molecule has 0 radical (unpaired) electrons. The molecule has 1 aliphatic rings. The van der Waals surface area contributed by atoms with Crippen molar-refractivity contribution in [2.75, 3.05) is 27.9 Å². The van der Waals surface area contributed by atoms with Gasteiger partial charge in [0.1, 0.15) is 6.04 Å². The molecule has 1 N–H and O–H groups in total. The second kappa shape index (κ2) is 5.27. The number of nitrogens with one attached hydrogen (secondary N) is 1. The molecule has 0 amide bonds. The Labute approximate surface area is 106 Å². The van der Waals surface area contributed by atoms with Crippen LogP contribution in [0.5, 0.6) is 11.5 Å². The topological polar surface area (TPSA) is 56.8 Å². The van der Waals surface area contributed by atoms with Gasteiger partial charge in [0.2, 0.25) is 0 Å². The molecule has 2 rings (SSSR count). The van der Waals surface area contributed by atoms with Crippen molar-refractivity contribution in [2.45, 2.75) is 12.5 Å². The summed E-state index contributed by atoms with van der Waals surface area (Å²) in [5.74, 6) is 1.01. The van der Waals surface area contributed by atoms with Crippen LogP contribution in [0.25, 0.3) is 0 Å². The lowest BCUT2D eigenvalue weighted by molar-refractivity contribution is -0.143. The van der Waals surface area contributed by atoms with Gasteiger partial charge in [-0.15, -0.1) is 0 Å². The monoisotopic (exact) mass is 251 g/mol. The first-order chi connectivity index (χ1) is 8.71. The maximum atomic E-state index is 11.7. The van der Waals surface area contributed by atoms with Crippen molar-refractivity contribution in [1.82, 2.24) is 5.32 Å². The largest absolute Gasteiger partial charge is 0.493 e. The third kappa shape index (κ3) is 2.13. The lowest BCUT2D eigenvalue weighted by atomic mass is 9.93. The summed E-state index contributed by atoms with van der Waals surface area (Å²) in [4.78, 5) is 11.7. The van der Waals surface area contributed by atoms with Gasteiger partial charge in [0, 0.05) is 6.54 Å². The van der Waals surface area contributed by atoms with Crippen molar-refractivity contribution >= 4 is 5.97 Å². The van der Waals surface area contributed by atoms with Gasteiger partial charge < -0.3 is 19.5 Å². The second-order valence-corrected chi connectivity index (χ2v) is 4.07. The van der Waals surface area contributed by atoms with E-state index in [4.69, 9.17) is 14.2 Å². The predicted molar refractivity (Wildman–Crippen MR) is 66.0 cm³/mol. The van der Waals surface area contributed by atoms with E-state index in [1.54, 1.807) is 14.2 Å². The minimum absolute atomic E-state index is 0.289. The fourth-order valence-electron chi connectivity index (χ4n) is 2.21. The van der Waals surface area contributed by atoms with Crippen molar-refractivity contribution in [3.8, 4) is 11.5 Å². The van der Waals surface area contributed by atoms with E-state index in [0.29, 0.717) is 11.5 Å². The number of esters is 1. The minimum Gasteiger partial charge on any atom is -0.493 e. The zero-order chi connectivity index (χ0) is 13.1. The number of carbonyl (C=O) groups is 1. The van der Waals surface area contributed by atoms with Gasteiger partial charge >= 0.3 is 5.97 Å². The number of rotatable bonds is 3. The van der Waals surface area contributed by atoms with Crippen molar-refractivity contribution in [3.05, 3.63) is 23.3 Å². The van der Waals surface area contributed by atoms with Crippen LogP contribution in [0.4, 0.5) is 0 Å². The SMILES string of the molecule is COC(=O)C1NCCc2cc(OC)c(OC)cc21. The first-order valence-electron chi connectivity index (χ1n) is 5.77. The van der Waals surface area contributed by atoms with Crippen LogP contribution in [-0.4, -0.2) is 33.8 Å². The first-order valence-corrected chi connectivity index (χ1v) is 5.77. The number of carbonyl (C=O) groups excluding carboxylic acids is 1. The first kappa shape index (κ1) is 12.7. The normalized spacial score (nSPS) is 17.8. The molecule has 1 aromatic carbocycles. The summed E-state index contributed by atoms with van der Waals surface area (Å²) in [6.07, 6.45) is 0.850. The predicted octanol–water partition coefficient (Wildman–Crippen LogP) is 1.06. The van der Waals surface area contributed by atoms with Gasteiger partial charge in [-0.3, -0.25) is 0 Å². The van der Waals surface area contributed by atoms with E-state index in [1.165, 1.54) is 7.11 Å². The quantitative estimate of drug-likeness (QED) is 0.814. The van der Waals surface area contributed by atoms with Crippen LogP contribution in [0.1, 0.15) is 17.2 Å². The molecule has 0 spiro atoms. The summed E-state index contributed by atoms with van der Waals surface area (Å²) in [6.45, 7) is 0.738. The van der Waals surface area contributed by atoms with Crippen LogP contribution in [0, 0.1) is 0 Å². The average molecular weight is 251 g/mol. The molecule has 98 valence electrons. The molecule has 0 bridgehead atoms. The third-order valence-corrected chi connectivity index (χ3v) is 3.14. The van der Waals surface area contributed by atoms with Crippen LogP contribution in [0.2, 0.25) is 0 Å². The number of methoxy groups -OCH3 is 3. The Morgan fingerprint density at radius 1 is 1.22 bits per heavy atom. The van der Waals surface area contributed by atoms with Crippen molar-refractivity contribution in [3.63, 3.8) is 0 Å². The highest BCUT2D eigenvalue weighted by molar-refractivity contribution is 5.79.